The van der Waals surface area contributed by atoms with Crippen molar-refractivity contribution in [2.24, 2.45) is 0 Å². The number of carbonyl (C=O) groups is 1. The molecule has 0 saturated carbocycles. The standard InChI is InChI=1S/C23H29N3O4S2/c1-18(31-19-7-3-2-4-8-19)23(27)24-21-17-20(9-10-22(21)25-11-5-6-12-25)32(28,29)26-13-15-30-16-14-26/h2-4,7-10,17-18H,5-6,11-16H2,1H3,(H,24,27). The van der Waals surface area contributed by atoms with Gasteiger partial charge in [0.2, 0.25) is 15.9 Å². The summed E-state index contributed by atoms with van der Waals surface area (Å²) < 4.78 is 33.1. The van der Waals surface area contributed by atoms with E-state index in [1.807, 2.05) is 43.3 Å². The molecule has 0 aromatic heterocycles. The van der Waals surface area contributed by atoms with Crippen LogP contribution in [0.15, 0.2) is 58.3 Å². The predicted octanol–water partition coefficient (Wildman–Crippen LogP) is 3.43. The minimum absolute atomic E-state index is 0.153. The van der Waals surface area contributed by atoms with E-state index in [1.165, 1.54) is 16.1 Å². The number of hydrogen-bond acceptors (Lipinski definition) is 6. The van der Waals surface area contributed by atoms with Gasteiger partial charge in [0.25, 0.3) is 0 Å². The molecule has 1 amide bonds. The fourth-order valence-corrected chi connectivity index (χ4v) is 6.26. The molecule has 2 fully saturated rings. The van der Waals surface area contributed by atoms with Crippen LogP contribution in [-0.2, 0) is 19.6 Å². The number of sulfonamides is 1. The smallest absolute Gasteiger partial charge is 0.243 e. The van der Waals surface area contributed by atoms with Gasteiger partial charge < -0.3 is 15.0 Å². The summed E-state index contributed by atoms with van der Waals surface area (Å²) in [5, 5.41) is 2.68. The molecule has 2 saturated heterocycles. The van der Waals surface area contributed by atoms with Crippen LogP contribution in [0, 0.1) is 0 Å². The number of hydrogen-bond donors (Lipinski definition) is 1. The average molecular weight is 476 g/mol. The lowest BCUT2D eigenvalue weighted by Gasteiger charge is -2.27. The summed E-state index contributed by atoms with van der Waals surface area (Å²) in [6.07, 6.45) is 2.17. The number of nitrogens with one attached hydrogen (secondary N) is 1. The van der Waals surface area contributed by atoms with E-state index >= 15 is 0 Å². The molecular formula is C23H29N3O4S2. The first kappa shape index (κ1) is 23.1. The molecule has 0 radical (unpaired) electrons. The Labute approximate surface area is 194 Å². The fraction of sp³-hybridized carbons (Fsp3) is 0.435. The van der Waals surface area contributed by atoms with E-state index < -0.39 is 10.0 Å². The van der Waals surface area contributed by atoms with Crippen LogP contribution in [-0.4, -0.2) is 63.3 Å². The van der Waals surface area contributed by atoms with Crippen LogP contribution in [0.1, 0.15) is 19.8 Å². The number of carbonyl (C=O) groups excluding carboxylic acids is 1. The van der Waals surface area contributed by atoms with Crippen molar-refractivity contribution in [2.75, 3.05) is 49.6 Å². The van der Waals surface area contributed by atoms with Gasteiger partial charge in [0.05, 0.1) is 34.7 Å². The van der Waals surface area contributed by atoms with Crippen molar-refractivity contribution in [3.8, 4) is 0 Å². The van der Waals surface area contributed by atoms with Crippen molar-refractivity contribution >= 4 is 39.1 Å². The third-order valence-electron chi connectivity index (χ3n) is 5.71. The van der Waals surface area contributed by atoms with Crippen LogP contribution in [0.4, 0.5) is 11.4 Å². The highest BCUT2D eigenvalue weighted by molar-refractivity contribution is 8.00. The molecular weight excluding hydrogens is 446 g/mol. The van der Waals surface area contributed by atoms with Gasteiger partial charge in [0.15, 0.2) is 0 Å². The van der Waals surface area contributed by atoms with Crippen LogP contribution >= 0.6 is 11.8 Å². The quantitative estimate of drug-likeness (QED) is 0.618. The summed E-state index contributed by atoms with van der Waals surface area (Å²) >= 11 is 1.48. The monoisotopic (exact) mass is 475 g/mol. The van der Waals surface area contributed by atoms with Crippen LogP contribution in [0.25, 0.3) is 0 Å². The average Bonchev–Trinajstić information content (AvgIpc) is 3.35. The number of rotatable bonds is 7. The third-order valence-corrected chi connectivity index (χ3v) is 8.71. The van der Waals surface area contributed by atoms with Crippen molar-refractivity contribution in [3.05, 3.63) is 48.5 Å². The van der Waals surface area contributed by atoms with Gasteiger partial charge in [-0.15, -0.1) is 11.8 Å². The molecule has 2 heterocycles. The van der Waals surface area contributed by atoms with Crippen LogP contribution in [0.3, 0.4) is 0 Å². The van der Waals surface area contributed by atoms with E-state index in [1.54, 1.807) is 12.1 Å². The maximum atomic E-state index is 13.2. The van der Waals surface area contributed by atoms with Gasteiger partial charge in [-0.3, -0.25) is 4.79 Å². The minimum Gasteiger partial charge on any atom is -0.379 e. The number of anilines is 2. The molecule has 172 valence electrons. The Kier molecular flexibility index (Phi) is 7.40. The highest BCUT2D eigenvalue weighted by Crippen LogP contribution is 2.33. The maximum Gasteiger partial charge on any atom is 0.243 e. The second kappa shape index (κ2) is 10.2. The molecule has 2 aromatic rings. The number of ether oxygens (including phenoxy) is 1. The van der Waals surface area contributed by atoms with Gasteiger partial charge in [-0.05, 0) is 50.1 Å². The SMILES string of the molecule is CC(Sc1ccccc1)C(=O)Nc1cc(S(=O)(=O)N2CCOCC2)ccc1N1CCCC1. The van der Waals surface area contributed by atoms with E-state index in [0.29, 0.717) is 32.0 Å². The molecule has 4 rings (SSSR count). The van der Waals surface area contributed by atoms with Gasteiger partial charge >= 0.3 is 0 Å². The van der Waals surface area contributed by atoms with Crippen LogP contribution < -0.4 is 10.2 Å². The van der Waals surface area contributed by atoms with E-state index in [9.17, 15) is 13.2 Å². The highest BCUT2D eigenvalue weighted by Gasteiger charge is 2.28. The summed E-state index contributed by atoms with van der Waals surface area (Å²) in [5.41, 5.74) is 1.42. The molecule has 0 aliphatic carbocycles. The lowest BCUT2D eigenvalue weighted by Crippen LogP contribution is -2.40. The zero-order valence-corrected chi connectivity index (χ0v) is 19.8. The summed E-state index contributed by atoms with van der Waals surface area (Å²) in [5.74, 6) is -0.153. The van der Waals surface area contributed by atoms with Crippen LogP contribution in [0.2, 0.25) is 0 Å². The summed E-state index contributed by atoms with van der Waals surface area (Å²) in [6.45, 7) is 5.10. The zero-order chi connectivity index (χ0) is 22.6. The topological polar surface area (TPSA) is 79.0 Å². The van der Waals surface area contributed by atoms with Crippen molar-refractivity contribution in [3.63, 3.8) is 0 Å². The first-order valence-corrected chi connectivity index (χ1v) is 13.3. The number of amides is 1. The molecule has 0 spiro atoms. The van der Waals surface area contributed by atoms with Crippen LogP contribution in [0.5, 0.6) is 0 Å². The summed E-state index contributed by atoms with van der Waals surface area (Å²) in [4.78, 5) is 16.4. The third kappa shape index (κ3) is 5.28. The van der Waals surface area contributed by atoms with E-state index in [0.717, 1.165) is 36.5 Å². The number of thioether (sulfide) groups is 1. The Morgan fingerprint density at radius 2 is 1.72 bits per heavy atom. The van der Waals surface area contributed by atoms with E-state index in [4.69, 9.17) is 4.74 Å². The zero-order valence-electron chi connectivity index (χ0n) is 18.2. The first-order valence-electron chi connectivity index (χ1n) is 10.9. The molecule has 1 unspecified atom stereocenters. The lowest BCUT2D eigenvalue weighted by atomic mass is 10.2. The number of morpholine rings is 1. The number of nitrogens with zero attached hydrogens (tertiary/aromatic N) is 2. The van der Waals surface area contributed by atoms with Gasteiger partial charge in [-0.1, -0.05) is 18.2 Å². The first-order chi connectivity index (χ1) is 15.4. The van der Waals surface area contributed by atoms with E-state index in [2.05, 4.69) is 10.2 Å². The Morgan fingerprint density at radius 3 is 2.41 bits per heavy atom. The molecule has 2 aromatic carbocycles. The van der Waals surface area contributed by atoms with Gasteiger partial charge in [0, 0.05) is 31.1 Å². The Morgan fingerprint density at radius 1 is 1.03 bits per heavy atom. The van der Waals surface area contributed by atoms with Gasteiger partial charge in [-0.25, -0.2) is 8.42 Å². The number of benzene rings is 2. The highest BCUT2D eigenvalue weighted by atomic mass is 32.2. The predicted molar refractivity (Wildman–Crippen MR) is 128 cm³/mol. The molecule has 32 heavy (non-hydrogen) atoms. The fourth-order valence-electron chi connectivity index (χ4n) is 3.94. The normalized spacial score (nSPS) is 18.5. The molecule has 0 bridgehead atoms. The van der Waals surface area contributed by atoms with Gasteiger partial charge in [0.1, 0.15) is 0 Å². The second-order valence-electron chi connectivity index (χ2n) is 7.95. The van der Waals surface area contributed by atoms with Crippen molar-refractivity contribution in [1.82, 2.24) is 4.31 Å². The Hall–Kier alpha value is -2.07. The van der Waals surface area contributed by atoms with Gasteiger partial charge in [-0.2, -0.15) is 4.31 Å². The van der Waals surface area contributed by atoms with Crippen molar-refractivity contribution in [1.29, 1.82) is 0 Å². The maximum absolute atomic E-state index is 13.2. The Bertz CT molecular complexity index is 1030. The molecule has 1 N–H and O–H groups in total. The van der Waals surface area contributed by atoms with Crippen molar-refractivity contribution in [2.45, 2.75) is 34.8 Å². The minimum atomic E-state index is -3.65. The molecule has 1 atom stereocenters. The molecule has 2 aliphatic rings. The second-order valence-corrected chi connectivity index (χ2v) is 11.3. The molecule has 9 heteroatoms. The van der Waals surface area contributed by atoms with E-state index in [-0.39, 0.29) is 16.1 Å². The largest absolute Gasteiger partial charge is 0.379 e. The molecule has 2 aliphatic heterocycles. The lowest BCUT2D eigenvalue weighted by molar-refractivity contribution is -0.115. The summed E-state index contributed by atoms with van der Waals surface area (Å²) in [6, 6.07) is 14.9. The summed E-state index contributed by atoms with van der Waals surface area (Å²) in [7, 11) is -3.65. The Balaban J connectivity index is 1.59. The molecule has 7 nitrogen and oxygen atoms in total. The van der Waals surface area contributed by atoms with Crippen molar-refractivity contribution < 1.29 is 17.9 Å².